The molecule has 0 aliphatic carbocycles. The molecule has 0 aliphatic heterocycles. The molecular formula is C17H15ClN2O. The van der Waals surface area contributed by atoms with E-state index in [2.05, 4.69) is 10.3 Å². The smallest absolute Gasteiger partial charge is 0.251 e. The average molecular weight is 299 g/mol. The number of benzene rings is 2. The van der Waals surface area contributed by atoms with Crippen molar-refractivity contribution in [3.05, 3.63) is 70.9 Å². The quantitative estimate of drug-likeness (QED) is 0.756. The molecular weight excluding hydrogens is 284 g/mol. The second-order valence-corrected chi connectivity index (χ2v) is 5.32. The number of hydrogen-bond donors (Lipinski definition) is 2. The van der Waals surface area contributed by atoms with Gasteiger partial charge in [-0.15, -0.1) is 0 Å². The first-order valence-electron chi connectivity index (χ1n) is 6.83. The predicted octanol–water partition coefficient (Wildman–Crippen LogP) is 3.79. The lowest BCUT2D eigenvalue weighted by atomic mass is 10.1. The van der Waals surface area contributed by atoms with Crippen LogP contribution in [0, 0.1) is 0 Å². The number of aromatic nitrogens is 1. The molecule has 0 atom stereocenters. The van der Waals surface area contributed by atoms with Gasteiger partial charge in [-0.1, -0.05) is 29.8 Å². The summed E-state index contributed by atoms with van der Waals surface area (Å²) in [5.41, 5.74) is 2.78. The van der Waals surface area contributed by atoms with Crippen LogP contribution < -0.4 is 5.32 Å². The Bertz CT molecular complexity index is 779. The Balaban J connectivity index is 1.65. The highest BCUT2D eigenvalue weighted by Crippen LogP contribution is 2.17. The Hall–Kier alpha value is -2.26. The van der Waals surface area contributed by atoms with Crippen molar-refractivity contribution in [3.63, 3.8) is 0 Å². The van der Waals surface area contributed by atoms with Crippen LogP contribution in [-0.2, 0) is 6.42 Å². The van der Waals surface area contributed by atoms with Crippen LogP contribution in [0.25, 0.3) is 10.9 Å². The lowest BCUT2D eigenvalue weighted by Gasteiger charge is -2.07. The van der Waals surface area contributed by atoms with E-state index >= 15 is 0 Å². The molecule has 0 saturated carbocycles. The van der Waals surface area contributed by atoms with E-state index < -0.39 is 0 Å². The molecule has 0 aliphatic rings. The van der Waals surface area contributed by atoms with Gasteiger partial charge in [-0.2, -0.15) is 0 Å². The Kier molecular flexibility index (Phi) is 3.93. The van der Waals surface area contributed by atoms with Crippen molar-refractivity contribution >= 4 is 28.4 Å². The van der Waals surface area contributed by atoms with Crippen molar-refractivity contribution in [2.45, 2.75) is 6.42 Å². The van der Waals surface area contributed by atoms with E-state index in [1.807, 2.05) is 54.7 Å². The Morgan fingerprint density at radius 3 is 2.86 bits per heavy atom. The summed E-state index contributed by atoms with van der Waals surface area (Å²) in [7, 11) is 0. The Labute approximate surface area is 127 Å². The van der Waals surface area contributed by atoms with E-state index in [9.17, 15) is 4.79 Å². The number of fused-ring (bicyclic) bond motifs is 1. The number of carbonyl (C=O) groups is 1. The fourth-order valence-corrected chi connectivity index (χ4v) is 2.60. The standard InChI is InChI=1S/C17H15ClN2O/c18-13-4-1-3-12(11-13)7-9-20-17(21)15-5-2-6-16-14(15)8-10-19-16/h1-6,8,10-11,19H,7,9H2,(H,20,21). The number of aromatic amines is 1. The van der Waals surface area contributed by atoms with Crippen LogP contribution in [0.1, 0.15) is 15.9 Å². The van der Waals surface area contributed by atoms with Crippen molar-refractivity contribution in [3.8, 4) is 0 Å². The lowest BCUT2D eigenvalue weighted by Crippen LogP contribution is -2.25. The summed E-state index contributed by atoms with van der Waals surface area (Å²) >= 11 is 5.94. The zero-order valence-corrected chi connectivity index (χ0v) is 12.2. The minimum Gasteiger partial charge on any atom is -0.361 e. The van der Waals surface area contributed by atoms with E-state index in [1.54, 1.807) is 0 Å². The molecule has 21 heavy (non-hydrogen) atoms. The van der Waals surface area contributed by atoms with Gasteiger partial charge in [0.1, 0.15) is 0 Å². The number of H-pyrrole nitrogens is 1. The molecule has 0 spiro atoms. The van der Waals surface area contributed by atoms with E-state index in [0.29, 0.717) is 12.1 Å². The predicted molar refractivity (Wildman–Crippen MR) is 85.8 cm³/mol. The molecule has 2 aromatic carbocycles. The highest BCUT2D eigenvalue weighted by Gasteiger charge is 2.09. The highest BCUT2D eigenvalue weighted by molar-refractivity contribution is 6.30. The summed E-state index contributed by atoms with van der Waals surface area (Å²) in [6.07, 6.45) is 2.60. The first-order valence-corrected chi connectivity index (χ1v) is 7.20. The topological polar surface area (TPSA) is 44.9 Å². The zero-order chi connectivity index (χ0) is 14.7. The molecule has 0 bridgehead atoms. The molecule has 2 N–H and O–H groups in total. The van der Waals surface area contributed by atoms with Crippen LogP contribution in [0.4, 0.5) is 0 Å². The van der Waals surface area contributed by atoms with Gasteiger partial charge < -0.3 is 10.3 Å². The molecule has 3 aromatic rings. The molecule has 0 saturated heterocycles. The number of hydrogen-bond acceptors (Lipinski definition) is 1. The summed E-state index contributed by atoms with van der Waals surface area (Å²) < 4.78 is 0. The monoisotopic (exact) mass is 298 g/mol. The van der Waals surface area contributed by atoms with Crippen molar-refractivity contribution < 1.29 is 4.79 Å². The second kappa shape index (κ2) is 6.02. The summed E-state index contributed by atoms with van der Waals surface area (Å²) in [5.74, 6) is -0.0535. The Morgan fingerprint density at radius 1 is 1.14 bits per heavy atom. The summed E-state index contributed by atoms with van der Waals surface area (Å²) in [6, 6.07) is 15.3. The fourth-order valence-electron chi connectivity index (χ4n) is 2.39. The second-order valence-electron chi connectivity index (χ2n) is 4.88. The van der Waals surface area contributed by atoms with Crippen LogP contribution in [-0.4, -0.2) is 17.4 Å². The van der Waals surface area contributed by atoms with Crippen LogP contribution in [0.2, 0.25) is 5.02 Å². The molecule has 1 heterocycles. The fraction of sp³-hybridized carbons (Fsp3) is 0.118. The third kappa shape index (κ3) is 3.09. The van der Waals surface area contributed by atoms with Crippen LogP contribution in [0.5, 0.6) is 0 Å². The van der Waals surface area contributed by atoms with Gasteiger partial charge in [-0.05, 0) is 42.3 Å². The first-order chi connectivity index (χ1) is 10.2. The number of halogens is 1. The normalized spacial score (nSPS) is 10.7. The molecule has 3 nitrogen and oxygen atoms in total. The molecule has 0 fully saturated rings. The van der Waals surface area contributed by atoms with Gasteiger partial charge in [0.15, 0.2) is 0 Å². The number of amides is 1. The minimum absolute atomic E-state index is 0.0535. The largest absolute Gasteiger partial charge is 0.361 e. The van der Waals surface area contributed by atoms with Crippen molar-refractivity contribution in [1.82, 2.24) is 10.3 Å². The third-order valence-corrected chi connectivity index (χ3v) is 3.66. The zero-order valence-electron chi connectivity index (χ0n) is 11.4. The van der Waals surface area contributed by atoms with Crippen molar-refractivity contribution in [2.24, 2.45) is 0 Å². The maximum atomic E-state index is 12.3. The van der Waals surface area contributed by atoms with Gasteiger partial charge in [-0.25, -0.2) is 0 Å². The molecule has 0 radical (unpaired) electrons. The number of carbonyl (C=O) groups excluding carboxylic acids is 1. The van der Waals surface area contributed by atoms with Gasteiger partial charge in [-0.3, -0.25) is 4.79 Å². The van der Waals surface area contributed by atoms with Crippen molar-refractivity contribution in [2.75, 3.05) is 6.54 Å². The maximum absolute atomic E-state index is 12.3. The van der Waals surface area contributed by atoms with Gasteiger partial charge >= 0.3 is 0 Å². The Morgan fingerprint density at radius 2 is 2.00 bits per heavy atom. The van der Waals surface area contributed by atoms with E-state index in [-0.39, 0.29) is 5.91 Å². The van der Waals surface area contributed by atoms with Crippen molar-refractivity contribution in [1.29, 1.82) is 0 Å². The minimum atomic E-state index is -0.0535. The van der Waals surface area contributed by atoms with E-state index in [4.69, 9.17) is 11.6 Å². The first kappa shape index (κ1) is 13.7. The van der Waals surface area contributed by atoms with Gasteiger partial charge in [0, 0.05) is 34.2 Å². The summed E-state index contributed by atoms with van der Waals surface area (Å²) in [6.45, 7) is 0.583. The maximum Gasteiger partial charge on any atom is 0.251 e. The molecule has 106 valence electrons. The van der Waals surface area contributed by atoms with Crippen LogP contribution in [0.15, 0.2) is 54.7 Å². The molecule has 1 amide bonds. The van der Waals surface area contributed by atoms with E-state index in [1.165, 1.54) is 0 Å². The lowest BCUT2D eigenvalue weighted by molar-refractivity contribution is 0.0956. The third-order valence-electron chi connectivity index (χ3n) is 3.43. The summed E-state index contributed by atoms with van der Waals surface area (Å²) in [4.78, 5) is 15.4. The van der Waals surface area contributed by atoms with Crippen LogP contribution in [0.3, 0.4) is 0 Å². The molecule has 3 rings (SSSR count). The summed E-state index contributed by atoms with van der Waals surface area (Å²) in [5, 5.41) is 4.61. The van der Waals surface area contributed by atoms with Crippen LogP contribution >= 0.6 is 11.6 Å². The van der Waals surface area contributed by atoms with Gasteiger partial charge in [0.2, 0.25) is 0 Å². The van der Waals surface area contributed by atoms with Gasteiger partial charge in [0.25, 0.3) is 5.91 Å². The average Bonchev–Trinajstić information content (AvgIpc) is 2.95. The van der Waals surface area contributed by atoms with Gasteiger partial charge in [0.05, 0.1) is 0 Å². The number of rotatable bonds is 4. The van der Waals surface area contributed by atoms with E-state index in [0.717, 1.165) is 27.9 Å². The SMILES string of the molecule is O=C(NCCc1cccc(Cl)c1)c1cccc2[nH]ccc12. The number of nitrogens with one attached hydrogen (secondary N) is 2. The molecule has 1 aromatic heterocycles. The highest BCUT2D eigenvalue weighted by atomic mass is 35.5. The molecule has 0 unspecified atom stereocenters. The molecule has 4 heteroatoms.